The summed E-state index contributed by atoms with van der Waals surface area (Å²) < 4.78 is 29.0. The zero-order chi connectivity index (χ0) is 27.9. The van der Waals surface area contributed by atoms with Gasteiger partial charge in [-0.05, 0) is 96.6 Å². The second-order valence-electron chi connectivity index (χ2n) is 14.5. The molecule has 0 heterocycles. The lowest BCUT2D eigenvalue weighted by Gasteiger charge is -2.40. The largest absolute Gasteiger partial charge is 0.385 e. The molecule has 0 bridgehead atoms. The van der Waals surface area contributed by atoms with Gasteiger partial charge in [0.25, 0.3) is 5.92 Å². The molecule has 210 valence electrons. The highest BCUT2D eigenvalue weighted by Gasteiger charge is 2.44. The second kappa shape index (κ2) is 10.7. The van der Waals surface area contributed by atoms with Crippen LogP contribution < -0.4 is 0 Å². The van der Waals surface area contributed by atoms with Crippen LogP contribution in [0.25, 0.3) is 0 Å². The molecule has 3 heteroatoms. The van der Waals surface area contributed by atoms with Gasteiger partial charge in [0.15, 0.2) is 0 Å². The lowest BCUT2D eigenvalue weighted by molar-refractivity contribution is 0.0143. The summed E-state index contributed by atoms with van der Waals surface area (Å²) in [6.07, 6.45) is 8.28. The van der Waals surface area contributed by atoms with Crippen molar-refractivity contribution < 1.29 is 13.9 Å². The topological polar surface area (TPSA) is 20.2 Å². The Morgan fingerprint density at radius 2 is 1.13 bits per heavy atom. The highest BCUT2D eigenvalue weighted by molar-refractivity contribution is 5.37. The highest BCUT2D eigenvalue weighted by Crippen LogP contribution is 2.54. The molecule has 38 heavy (non-hydrogen) atoms. The molecule has 1 N–H and O–H groups in total. The van der Waals surface area contributed by atoms with Crippen LogP contribution in [0, 0.1) is 22.7 Å². The predicted molar refractivity (Wildman–Crippen MR) is 155 cm³/mol. The number of aliphatic hydroxyl groups is 1. The Bertz CT molecular complexity index is 1090. The standard InChI is InChI=1S/C35H50F2O/c1-32(2,3)28-20-12-16-24(28)26-14-8-10-18-30(26)34(6,38)23-22-33(4,5)29-21-13-17-25(29)27-15-9-11-19-31(27)35(7,36)37/h8-11,14-15,18-19,24-25,28-29,38H,12-13,16-17,20-23H2,1-7H3. The van der Waals surface area contributed by atoms with E-state index in [1.165, 1.54) is 24.8 Å². The Kier molecular flexibility index (Phi) is 8.22. The van der Waals surface area contributed by atoms with Gasteiger partial charge in [-0.3, -0.25) is 0 Å². The van der Waals surface area contributed by atoms with Crippen LogP contribution in [0.1, 0.15) is 134 Å². The molecule has 2 fully saturated rings. The number of halogens is 2. The zero-order valence-corrected chi connectivity index (χ0v) is 24.8. The maximum absolute atomic E-state index is 14.5. The van der Waals surface area contributed by atoms with Crippen molar-refractivity contribution in [1.82, 2.24) is 0 Å². The van der Waals surface area contributed by atoms with E-state index < -0.39 is 11.5 Å². The molecule has 2 saturated carbocycles. The van der Waals surface area contributed by atoms with Gasteiger partial charge < -0.3 is 5.11 Å². The maximum atomic E-state index is 14.5. The van der Waals surface area contributed by atoms with Crippen LogP contribution in [-0.4, -0.2) is 5.11 Å². The van der Waals surface area contributed by atoms with Gasteiger partial charge in [0.05, 0.1) is 5.60 Å². The third-order valence-corrected chi connectivity index (χ3v) is 10.2. The Morgan fingerprint density at radius 1 is 0.658 bits per heavy atom. The maximum Gasteiger partial charge on any atom is 0.270 e. The van der Waals surface area contributed by atoms with E-state index in [1.807, 2.05) is 19.1 Å². The quantitative estimate of drug-likeness (QED) is 0.364. The lowest BCUT2D eigenvalue weighted by Crippen LogP contribution is -2.32. The summed E-state index contributed by atoms with van der Waals surface area (Å²) in [4.78, 5) is 0. The van der Waals surface area contributed by atoms with Gasteiger partial charge in [0.2, 0.25) is 0 Å². The van der Waals surface area contributed by atoms with Gasteiger partial charge in [-0.25, -0.2) is 8.78 Å². The molecule has 0 saturated heterocycles. The smallest absolute Gasteiger partial charge is 0.270 e. The molecular formula is C35H50F2O. The molecule has 0 aliphatic heterocycles. The average Bonchev–Trinajstić information content (AvgIpc) is 3.53. The van der Waals surface area contributed by atoms with E-state index in [4.69, 9.17) is 0 Å². The van der Waals surface area contributed by atoms with Crippen molar-refractivity contribution in [2.75, 3.05) is 0 Å². The van der Waals surface area contributed by atoms with E-state index in [2.05, 4.69) is 58.9 Å². The Balaban J connectivity index is 1.56. The minimum absolute atomic E-state index is 0.0719. The van der Waals surface area contributed by atoms with Crippen LogP contribution in [0.3, 0.4) is 0 Å². The minimum atomic E-state index is -2.84. The van der Waals surface area contributed by atoms with Crippen LogP contribution in [0.15, 0.2) is 48.5 Å². The van der Waals surface area contributed by atoms with Crippen molar-refractivity contribution in [1.29, 1.82) is 0 Å². The van der Waals surface area contributed by atoms with Crippen molar-refractivity contribution in [2.24, 2.45) is 22.7 Å². The molecule has 4 rings (SSSR count). The van der Waals surface area contributed by atoms with Crippen molar-refractivity contribution in [3.05, 3.63) is 70.8 Å². The second-order valence-corrected chi connectivity index (χ2v) is 14.5. The number of benzene rings is 2. The lowest BCUT2D eigenvalue weighted by atomic mass is 9.66. The third-order valence-electron chi connectivity index (χ3n) is 10.2. The summed E-state index contributed by atoms with van der Waals surface area (Å²) in [5, 5.41) is 12.0. The van der Waals surface area contributed by atoms with E-state index in [1.54, 1.807) is 12.1 Å². The fraction of sp³-hybridized carbons (Fsp3) is 0.657. The molecule has 5 unspecified atom stereocenters. The fourth-order valence-corrected chi connectivity index (χ4v) is 8.05. The summed E-state index contributed by atoms with van der Waals surface area (Å²) in [5.74, 6) is -1.29. The molecule has 2 aromatic carbocycles. The number of hydrogen-bond donors (Lipinski definition) is 1. The van der Waals surface area contributed by atoms with Crippen LogP contribution >= 0.6 is 0 Å². The Labute approximate surface area is 230 Å². The van der Waals surface area contributed by atoms with Gasteiger partial charge in [-0.15, -0.1) is 0 Å². The number of rotatable bonds is 8. The molecule has 0 radical (unpaired) electrons. The van der Waals surface area contributed by atoms with Gasteiger partial charge >= 0.3 is 0 Å². The SMILES string of the molecule is CC(F)(F)c1ccccc1C1CCCC1C(C)(C)CCC(C)(O)c1ccccc1C1CCCC1C(C)(C)C. The minimum Gasteiger partial charge on any atom is -0.385 e. The van der Waals surface area contributed by atoms with Crippen molar-refractivity contribution >= 4 is 0 Å². The molecule has 0 amide bonds. The summed E-state index contributed by atoms with van der Waals surface area (Å²) in [6, 6.07) is 15.7. The number of hydrogen-bond acceptors (Lipinski definition) is 1. The van der Waals surface area contributed by atoms with E-state index in [0.29, 0.717) is 24.2 Å². The van der Waals surface area contributed by atoms with Crippen molar-refractivity contribution in [3.8, 4) is 0 Å². The first kappa shape index (κ1) is 29.2. The van der Waals surface area contributed by atoms with Crippen LogP contribution in [0.2, 0.25) is 0 Å². The molecule has 1 nitrogen and oxygen atoms in total. The summed E-state index contributed by atoms with van der Waals surface area (Å²) in [7, 11) is 0. The van der Waals surface area contributed by atoms with Gasteiger partial charge in [0.1, 0.15) is 0 Å². The predicted octanol–water partition coefficient (Wildman–Crippen LogP) is 10.3. The summed E-state index contributed by atoms with van der Waals surface area (Å²) >= 11 is 0. The van der Waals surface area contributed by atoms with Gasteiger partial charge in [-0.2, -0.15) is 0 Å². The van der Waals surface area contributed by atoms with E-state index in [9.17, 15) is 13.9 Å². The molecule has 0 aromatic heterocycles. The van der Waals surface area contributed by atoms with E-state index in [-0.39, 0.29) is 22.3 Å². The van der Waals surface area contributed by atoms with Crippen LogP contribution in [-0.2, 0) is 11.5 Å². The fourth-order valence-electron chi connectivity index (χ4n) is 8.05. The van der Waals surface area contributed by atoms with E-state index >= 15 is 0 Å². The molecule has 2 aliphatic rings. The van der Waals surface area contributed by atoms with Crippen LogP contribution in [0.5, 0.6) is 0 Å². The van der Waals surface area contributed by atoms with Crippen LogP contribution in [0.4, 0.5) is 8.78 Å². The first-order valence-electron chi connectivity index (χ1n) is 14.9. The third kappa shape index (κ3) is 6.03. The molecule has 2 aromatic rings. The zero-order valence-electron chi connectivity index (χ0n) is 24.8. The molecule has 0 spiro atoms. The molecular weight excluding hydrogens is 474 g/mol. The normalized spacial score (nSPS) is 26.5. The van der Waals surface area contributed by atoms with Crippen molar-refractivity contribution in [3.63, 3.8) is 0 Å². The Hall–Kier alpha value is -1.74. The highest BCUT2D eigenvalue weighted by atomic mass is 19.3. The van der Waals surface area contributed by atoms with Gasteiger partial charge in [-0.1, -0.05) is 96.0 Å². The first-order valence-corrected chi connectivity index (χ1v) is 14.9. The van der Waals surface area contributed by atoms with E-state index in [0.717, 1.165) is 43.7 Å². The monoisotopic (exact) mass is 524 g/mol. The van der Waals surface area contributed by atoms with Crippen molar-refractivity contribution in [2.45, 2.75) is 123 Å². The first-order chi connectivity index (χ1) is 17.6. The number of alkyl halides is 2. The summed E-state index contributed by atoms with van der Waals surface area (Å²) in [6.45, 7) is 14.6. The molecule has 2 aliphatic carbocycles. The summed E-state index contributed by atoms with van der Waals surface area (Å²) in [5.41, 5.74) is 2.64. The average molecular weight is 525 g/mol. The van der Waals surface area contributed by atoms with Gasteiger partial charge in [0, 0.05) is 12.5 Å². The Morgan fingerprint density at radius 3 is 1.68 bits per heavy atom. The molecule has 5 atom stereocenters.